The zero-order valence-electron chi connectivity index (χ0n) is 30.3. The predicted molar refractivity (Wildman–Crippen MR) is 193 cm³/mol. The van der Waals surface area contributed by atoms with E-state index in [-0.39, 0.29) is 19.0 Å². The number of allylic oxidation sites excluding steroid dienone is 1. The minimum atomic E-state index is -0.250. The number of aliphatic hydroxyl groups is 1. The number of ether oxygens (including phenoxy) is 1. The smallest absolute Gasteiger partial charge is 0.309 e. The van der Waals surface area contributed by atoms with E-state index >= 15 is 0 Å². The highest BCUT2D eigenvalue weighted by atomic mass is 16.5. The van der Waals surface area contributed by atoms with Crippen LogP contribution in [0.15, 0.2) is 12.2 Å². The fourth-order valence-corrected chi connectivity index (χ4v) is 5.95. The molecule has 2 N–H and O–H groups in total. The summed E-state index contributed by atoms with van der Waals surface area (Å²) in [5.41, 5.74) is 0. The van der Waals surface area contributed by atoms with E-state index in [1.165, 1.54) is 141 Å². The molecular weight excluding hydrogens is 562 g/mol. The van der Waals surface area contributed by atoms with E-state index in [0.29, 0.717) is 13.0 Å². The molecule has 0 heterocycles. The first-order valence-corrected chi connectivity index (χ1v) is 19.3. The molecule has 0 aromatic heterocycles. The number of rotatable bonds is 34. The van der Waals surface area contributed by atoms with Crippen molar-refractivity contribution in [2.75, 3.05) is 32.8 Å². The second kappa shape index (κ2) is 40.6. The molecule has 0 amide bonds. The number of hydrogen-bond acceptors (Lipinski definition) is 5. The number of esters is 1. The largest absolute Gasteiger partial charge is 0.483 e. The first-order valence-electron chi connectivity index (χ1n) is 19.3. The lowest BCUT2D eigenvalue weighted by molar-refractivity contribution is -0.142. The van der Waals surface area contributed by atoms with E-state index < -0.39 is 0 Å². The van der Waals surface area contributed by atoms with E-state index in [4.69, 9.17) is 14.6 Å². The Morgan fingerprint density at radius 2 is 1.07 bits per heavy atom. The molecule has 0 aromatic carbocycles. The van der Waals surface area contributed by atoms with Crippen LogP contribution < -0.4 is 0 Å². The zero-order valence-corrected chi connectivity index (χ0v) is 30.3. The van der Waals surface area contributed by atoms with Crippen molar-refractivity contribution in [3.05, 3.63) is 12.2 Å². The standard InChI is InChI=1S/C38H75NO3.CH2O2/c1-4-7-10-12-13-17-24-31-38(41)42-36-27-20-15-19-26-33-39(34-35-40)32-25-18-14-16-23-30-37(28-21-9-6-3)29-22-11-8-5-2;2-1-3/h17,24,37,40H,4-16,18-23,25-36H2,1-3H3;1H,(H,2,3)/b24-17-;. The highest BCUT2D eigenvalue weighted by Gasteiger charge is 2.09. The maximum atomic E-state index is 11.8. The van der Waals surface area contributed by atoms with Gasteiger partial charge in [-0.3, -0.25) is 9.59 Å². The van der Waals surface area contributed by atoms with Crippen molar-refractivity contribution in [3.8, 4) is 0 Å². The van der Waals surface area contributed by atoms with Crippen molar-refractivity contribution >= 4 is 12.4 Å². The summed E-state index contributed by atoms with van der Waals surface area (Å²) in [5, 5.41) is 16.4. The Kier molecular flexibility index (Phi) is 41.3. The van der Waals surface area contributed by atoms with Crippen LogP contribution in [-0.4, -0.2) is 60.4 Å². The number of hydrogen-bond donors (Lipinski definition) is 2. The van der Waals surface area contributed by atoms with Crippen LogP contribution in [0.5, 0.6) is 0 Å². The summed E-state index contributed by atoms with van der Waals surface area (Å²) >= 11 is 0. The van der Waals surface area contributed by atoms with Crippen LogP contribution in [0.4, 0.5) is 0 Å². The first-order chi connectivity index (χ1) is 22.1. The van der Waals surface area contributed by atoms with Crippen molar-refractivity contribution < 1.29 is 24.5 Å². The maximum absolute atomic E-state index is 11.8. The third-order valence-corrected chi connectivity index (χ3v) is 8.74. The van der Waals surface area contributed by atoms with E-state index in [2.05, 4.69) is 31.7 Å². The molecule has 0 radical (unpaired) electrons. The lowest BCUT2D eigenvalue weighted by Crippen LogP contribution is -2.29. The maximum Gasteiger partial charge on any atom is 0.309 e. The average Bonchev–Trinajstić information content (AvgIpc) is 3.03. The van der Waals surface area contributed by atoms with Crippen LogP contribution in [0.1, 0.15) is 188 Å². The van der Waals surface area contributed by atoms with E-state index in [9.17, 15) is 9.90 Å². The monoisotopic (exact) mass is 640 g/mol. The molecule has 6 heteroatoms. The van der Waals surface area contributed by atoms with Gasteiger partial charge < -0.3 is 19.8 Å². The molecule has 45 heavy (non-hydrogen) atoms. The summed E-state index contributed by atoms with van der Waals surface area (Å²) in [4.78, 5) is 22.7. The molecule has 0 spiro atoms. The van der Waals surface area contributed by atoms with Crippen molar-refractivity contribution in [2.45, 2.75) is 188 Å². The summed E-state index contributed by atoms with van der Waals surface area (Å²) in [7, 11) is 0. The van der Waals surface area contributed by atoms with Gasteiger partial charge in [-0.15, -0.1) is 0 Å². The first kappa shape index (κ1) is 45.7. The summed E-state index contributed by atoms with van der Waals surface area (Å²) in [6.07, 6.45) is 37.3. The van der Waals surface area contributed by atoms with Gasteiger partial charge in [0.1, 0.15) is 0 Å². The van der Waals surface area contributed by atoms with Crippen LogP contribution in [0, 0.1) is 5.92 Å². The van der Waals surface area contributed by atoms with Gasteiger partial charge in [-0.1, -0.05) is 161 Å². The lowest BCUT2D eigenvalue weighted by Gasteiger charge is -2.21. The van der Waals surface area contributed by atoms with Crippen LogP contribution in [-0.2, 0) is 14.3 Å². The Morgan fingerprint density at radius 3 is 1.62 bits per heavy atom. The summed E-state index contributed by atoms with van der Waals surface area (Å²) in [6.45, 7) is 10.4. The number of unbranched alkanes of at least 4 members (excludes halogenated alkanes) is 17. The molecule has 0 aliphatic carbocycles. The minimum absolute atomic E-state index is 0.0936. The number of aliphatic hydroxyl groups excluding tert-OH is 1. The summed E-state index contributed by atoms with van der Waals surface area (Å²) in [6, 6.07) is 0. The molecule has 0 saturated carbocycles. The van der Waals surface area contributed by atoms with Crippen molar-refractivity contribution in [1.82, 2.24) is 4.90 Å². The normalized spacial score (nSPS) is 11.9. The molecule has 1 unspecified atom stereocenters. The molecule has 0 aromatic rings. The molecule has 268 valence electrons. The van der Waals surface area contributed by atoms with Gasteiger partial charge in [0.05, 0.1) is 19.6 Å². The van der Waals surface area contributed by atoms with Crippen LogP contribution in [0.25, 0.3) is 0 Å². The van der Waals surface area contributed by atoms with Crippen molar-refractivity contribution in [1.29, 1.82) is 0 Å². The fraction of sp³-hybridized carbons (Fsp3) is 0.897. The highest BCUT2D eigenvalue weighted by molar-refractivity contribution is 5.71. The number of carboxylic acid groups (broad SMARTS) is 1. The minimum Gasteiger partial charge on any atom is -0.483 e. The number of carbonyl (C=O) groups is 2. The molecule has 0 fully saturated rings. The van der Waals surface area contributed by atoms with Gasteiger partial charge in [0, 0.05) is 6.54 Å². The van der Waals surface area contributed by atoms with Crippen LogP contribution >= 0.6 is 0 Å². The van der Waals surface area contributed by atoms with Crippen molar-refractivity contribution in [3.63, 3.8) is 0 Å². The Hall–Kier alpha value is -1.40. The second-order valence-corrected chi connectivity index (χ2v) is 13.0. The molecule has 0 saturated heterocycles. The highest BCUT2D eigenvalue weighted by Crippen LogP contribution is 2.24. The quantitative estimate of drug-likeness (QED) is 0.0315. The number of carbonyl (C=O) groups excluding carboxylic acids is 1. The predicted octanol–water partition coefficient (Wildman–Crippen LogP) is 10.9. The van der Waals surface area contributed by atoms with Crippen LogP contribution in [0.2, 0.25) is 0 Å². The van der Waals surface area contributed by atoms with Gasteiger partial charge in [0.25, 0.3) is 6.47 Å². The van der Waals surface area contributed by atoms with Gasteiger partial charge in [-0.2, -0.15) is 0 Å². The Balaban J connectivity index is 0. The molecule has 0 aliphatic heterocycles. The summed E-state index contributed by atoms with van der Waals surface area (Å²) in [5.74, 6) is 0.879. The molecule has 1 atom stereocenters. The third kappa shape index (κ3) is 38.7. The molecule has 0 bridgehead atoms. The van der Waals surface area contributed by atoms with E-state index in [1.54, 1.807) is 0 Å². The van der Waals surface area contributed by atoms with Gasteiger partial charge >= 0.3 is 5.97 Å². The molecule has 6 nitrogen and oxygen atoms in total. The van der Waals surface area contributed by atoms with Gasteiger partial charge in [-0.25, -0.2) is 0 Å². The van der Waals surface area contributed by atoms with E-state index in [0.717, 1.165) is 44.8 Å². The van der Waals surface area contributed by atoms with E-state index in [1.807, 2.05) is 6.08 Å². The molecular formula is C39H77NO5. The Bertz CT molecular complexity index is 612. The SMILES string of the molecule is CCCCCC/C=C\CC(=O)OCCCCCCCN(CCO)CCCCCCCC(CCCCC)CCCCCC.O=CO. The summed E-state index contributed by atoms with van der Waals surface area (Å²) < 4.78 is 5.37. The lowest BCUT2D eigenvalue weighted by atomic mass is 9.90. The average molecular weight is 640 g/mol. The van der Waals surface area contributed by atoms with Gasteiger partial charge in [0.15, 0.2) is 0 Å². The molecule has 0 rings (SSSR count). The van der Waals surface area contributed by atoms with Gasteiger partial charge in [0.2, 0.25) is 0 Å². The Labute approximate surface area is 280 Å². The number of nitrogens with zero attached hydrogens (tertiary/aromatic N) is 1. The van der Waals surface area contributed by atoms with Crippen LogP contribution in [0.3, 0.4) is 0 Å². The van der Waals surface area contributed by atoms with Gasteiger partial charge in [-0.05, 0) is 51.1 Å². The molecule has 0 aliphatic rings. The Morgan fingerprint density at radius 1 is 0.622 bits per heavy atom. The second-order valence-electron chi connectivity index (χ2n) is 13.0. The third-order valence-electron chi connectivity index (χ3n) is 8.74. The fourth-order valence-electron chi connectivity index (χ4n) is 5.95. The zero-order chi connectivity index (χ0) is 33.5. The topological polar surface area (TPSA) is 87.1 Å². The van der Waals surface area contributed by atoms with Crippen molar-refractivity contribution in [2.24, 2.45) is 5.92 Å².